The summed E-state index contributed by atoms with van der Waals surface area (Å²) in [5, 5.41) is 13.5. The van der Waals surface area contributed by atoms with Crippen LogP contribution < -0.4 is 11.1 Å². The smallest absolute Gasteiger partial charge is 0.150 e. The highest BCUT2D eigenvalue weighted by Crippen LogP contribution is 2.67. The number of nitrogens with two attached hydrogens (primary N) is 1. The summed E-state index contributed by atoms with van der Waals surface area (Å²) >= 11 is 0. The minimum atomic E-state index is -0.120. The van der Waals surface area contributed by atoms with Crippen LogP contribution in [0.15, 0.2) is 0 Å². The number of nitrogens with one attached hydrogen (secondary N) is 1. The van der Waals surface area contributed by atoms with Gasteiger partial charge in [0.25, 0.3) is 0 Å². The van der Waals surface area contributed by atoms with E-state index in [0.29, 0.717) is 36.6 Å². The second-order valence-electron chi connectivity index (χ2n) is 10.9. The second kappa shape index (κ2) is 8.57. The van der Waals surface area contributed by atoms with Gasteiger partial charge in [0, 0.05) is 26.1 Å². The van der Waals surface area contributed by atoms with Gasteiger partial charge in [-0.05, 0) is 92.3 Å². The molecule has 0 heterocycles. The topological polar surface area (TPSA) is 84.6 Å². The number of aliphatic hydroxyl groups is 1. The summed E-state index contributed by atoms with van der Waals surface area (Å²) in [5.41, 5.74) is 5.99. The van der Waals surface area contributed by atoms with Crippen LogP contribution in [0.5, 0.6) is 0 Å². The van der Waals surface area contributed by atoms with E-state index in [2.05, 4.69) is 12.2 Å². The monoisotopic (exact) mass is 406 g/mol. The first kappa shape index (κ1) is 21.7. The van der Waals surface area contributed by atoms with E-state index < -0.39 is 0 Å². The number of hydrogen-bond donors (Lipinski definition) is 3. The first-order chi connectivity index (χ1) is 14.0. The first-order valence-corrected chi connectivity index (χ1v) is 12.1. The van der Waals surface area contributed by atoms with Gasteiger partial charge in [-0.25, -0.2) is 0 Å². The van der Waals surface area contributed by atoms with E-state index in [0.717, 1.165) is 44.8 Å². The lowest BCUT2D eigenvalue weighted by atomic mass is 9.44. The minimum absolute atomic E-state index is 0.120. The van der Waals surface area contributed by atoms with Crippen molar-refractivity contribution in [2.24, 2.45) is 46.2 Å². The molecular formula is C24H42N2O3. The third-order valence-corrected chi connectivity index (χ3v) is 9.76. The molecule has 0 aromatic rings. The van der Waals surface area contributed by atoms with Crippen LogP contribution in [0.3, 0.4) is 0 Å². The van der Waals surface area contributed by atoms with Gasteiger partial charge < -0.3 is 20.9 Å². The Morgan fingerprint density at radius 3 is 2.72 bits per heavy atom. The second-order valence-corrected chi connectivity index (χ2v) is 10.9. The molecule has 0 bridgehead atoms. The molecule has 0 amide bonds. The molecule has 4 rings (SSSR count). The number of ether oxygens (including phenoxy) is 1. The van der Waals surface area contributed by atoms with Crippen molar-refractivity contribution in [2.75, 3.05) is 33.4 Å². The van der Waals surface area contributed by atoms with Crippen molar-refractivity contribution in [3.05, 3.63) is 0 Å². The molecule has 0 unspecified atom stereocenters. The first-order valence-electron chi connectivity index (χ1n) is 12.1. The third kappa shape index (κ3) is 3.60. The molecule has 0 aromatic carbocycles. The Bertz CT molecular complexity index is 599. The van der Waals surface area contributed by atoms with Crippen molar-refractivity contribution in [3.8, 4) is 0 Å². The number of fused-ring (bicyclic) bond motifs is 5. The largest absolute Gasteiger partial charge is 0.393 e. The van der Waals surface area contributed by atoms with E-state index in [1.54, 1.807) is 0 Å². The lowest BCUT2D eigenvalue weighted by Gasteiger charge is -2.61. The molecule has 29 heavy (non-hydrogen) atoms. The Morgan fingerprint density at radius 1 is 1.14 bits per heavy atom. The number of methoxy groups -OCH3 is 1. The molecule has 0 spiro atoms. The van der Waals surface area contributed by atoms with Crippen LogP contribution in [-0.4, -0.2) is 50.3 Å². The lowest BCUT2D eigenvalue weighted by molar-refractivity contribution is -0.160. The maximum Gasteiger partial charge on any atom is 0.150 e. The van der Waals surface area contributed by atoms with Crippen LogP contribution >= 0.6 is 0 Å². The van der Waals surface area contributed by atoms with Gasteiger partial charge in [-0.3, -0.25) is 4.79 Å². The SMILES string of the molecule is COC[C@]12CC[C@@H](O)C[C@@H]1CC[C@H]1[C@@H]3CC[C@H](C(=O)CNCCN)[C@@]3(C)CC[C@@H]12. The quantitative estimate of drug-likeness (QED) is 0.566. The summed E-state index contributed by atoms with van der Waals surface area (Å²) in [6, 6.07) is 0. The molecule has 5 heteroatoms. The number of hydrogen-bond acceptors (Lipinski definition) is 5. The molecule has 5 nitrogen and oxygen atoms in total. The number of ketones is 1. The van der Waals surface area contributed by atoms with Gasteiger partial charge in [0.1, 0.15) is 5.78 Å². The minimum Gasteiger partial charge on any atom is -0.393 e. The molecule has 8 atom stereocenters. The predicted octanol–water partition coefficient (Wildman–Crippen LogP) is 2.75. The highest BCUT2D eigenvalue weighted by molar-refractivity contribution is 5.84. The number of carbonyl (C=O) groups is 1. The van der Waals surface area contributed by atoms with Gasteiger partial charge in [0.05, 0.1) is 19.3 Å². The van der Waals surface area contributed by atoms with Crippen molar-refractivity contribution >= 4 is 5.78 Å². The van der Waals surface area contributed by atoms with Crippen LogP contribution in [0.1, 0.15) is 64.7 Å². The Balaban J connectivity index is 1.53. The van der Waals surface area contributed by atoms with Gasteiger partial charge >= 0.3 is 0 Å². The van der Waals surface area contributed by atoms with Gasteiger partial charge in [-0.2, -0.15) is 0 Å². The number of Topliss-reactive ketones (excluding diaryl/α,β-unsaturated/α-hetero) is 1. The number of carbonyl (C=O) groups excluding carboxylic acids is 1. The molecular weight excluding hydrogens is 364 g/mol. The van der Waals surface area contributed by atoms with Gasteiger partial charge in [-0.15, -0.1) is 0 Å². The van der Waals surface area contributed by atoms with Gasteiger partial charge in [0.2, 0.25) is 0 Å². The highest BCUT2D eigenvalue weighted by atomic mass is 16.5. The summed E-state index contributed by atoms with van der Waals surface area (Å²) < 4.78 is 5.82. The Hall–Kier alpha value is -0.490. The van der Waals surface area contributed by atoms with Crippen molar-refractivity contribution in [3.63, 3.8) is 0 Å². The molecule has 0 radical (unpaired) electrons. The molecule has 166 valence electrons. The standard InChI is InChI=1S/C24H42N2O3/c1-23-9-8-20-18(19(23)5-6-21(23)22(28)14-26-12-11-25)4-3-16-13-17(27)7-10-24(16,20)15-29-2/h16-21,26-27H,3-15,25H2,1-2H3/t16-,17+,18-,19-,20-,21+,23-,24+/m0/s1. The fraction of sp³-hybridized carbons (Fsp3) is 0.958. The molecule has 0 aromatic heterocycles. The molecule has 4 fully saturated rings. The Kier molecular flexibility index (Phi) is 6.42. The van der Waals surface area contributed by atoms with Crippen LogP contribution in [-0.2, 0) is 9.53 Å². The molecule has 4 N–H and O–H groups in total. The van der Waals surface area contributed by atoms with Gasteiger partial charge in [-0.1, -0.05) is 6.92 Å². The zero-order chi connectivity index (χ0) is 20.6. The van der Waals surface area contributed by atoms with E-state index in [-0.39, 0.29) is 22.9 Å². The lowest BCUT2D eigenvalue weighted by Crippen LogP contribution is -2.57. The van der Waals surface area contributed by atoms with Crippen LogP contribution in [0.4, 0.5) is 0 Å². The summed E-state index contributed by atoms with van der Waals surface area (Å²) in [5.74, 6) is 3.33. The van der Waals surface area contributed by atoms with E-state index in [9.17, 15) is 9.90 Å². The molecule has 0 saturated heterocycles. The number of rotatable bonds is 7. The molecule has 4 saturated carbocycles. The summed E-state index contributed by atoms with van der Waals surface area (Å²) in [7, 11) is 1.85. The van der Waals surface area contributed by atoms with Crippen LogP contribution in [0.25, 0.3) is 0 Å². The molecule has 0 aliphatic heterocycles. The summed E-state index contributed by atoms with van der Waals surface area (Å²) in [4.78, 5) is 13.0. The summed E-state index contributed by atoms with van der Waals surface area (Å²) in [6.07, 6.45) is 10.1. The van der Waals surface area contributed by atoms with Crippen molar-refractivity contribution < 1.29 is 14.6 Å². The van der Waals surface area contributed by atoms with Gasteiger partial charge in [0.15, 0.2) is 0 Å². The van der Waals surface area contributed by atoms with E-state index in [1.165, 1.54) is 32.1 Å². The third-order valence-electron chi connectivity index (χ3n) is 9.76. The normalized spacial score (nSPS) is 46.6. The fourth-order valence-corrected chi connectivity index (χ4v) is 8.54. The molecule has 4 aliphatic rings. The predicted molar refractivity (Wildman–Crippen MR) is 114 cm³/mol. The maximum atomic E-state index is 13.0. The fourth-order valence-electron chi connectivity index (χ4n) is 8.54. The van der Waals surface area contributed by atoms with Crippen LogP contribution in [0, 0.1) is 40.4 Å². The van der Waals surface area contributed by atoms with E-state index >= 15 is 0 Å². The zero-order valence-electron chi connectivity index (χ0n) is 18.5. The highest BCUT2D eigenvalue weighted by Gasteiger charge is 2.62. The molecule has 4 aliphatic carbocycles. The summed E-state index contributed by atoms with van der Waals surface area (Å²) in [6.45, 7) is 5.05. The average molecular weight is 407 g/mol. The van der Waals surface area contributed by atoms with Crippen molar-refractivity contribution in [1.82, 2.24) is 5.32 Å². The zero-order valence-corrected chi connectivity index (χ0v) is 18.5. The van der Waals surface area contributed by atoms with Crippen molar-refractivity contribution in [1.29, 1.82) is 0 Å². The Labute approximate surface area is 176 Å². The average Bonchev–Trinajstić information content (AvgIpc) is 3.06. The van der Waals surface area contributed by atoms with E-state index in [1.807, 2.05) is 7.11 Å². The van der Waals surface area contributed by atoms with E-state index in [4.69, 9.17) is 10.5 Å². The Morgan fingerprint density at radius 2 is 1.97 bits per heavy atom. The van der Waals surface area contributed by atoms with Crippen LogP contribution in [0.2, 0.25) is 0 Å². The van der Waals surface area contributed by atoms with Crippen molar-refractivity contribution in [2.45, 2.75) is 70.8 Å². The number of aliphatic hydroxyl groups excluding tert-OH is 1. The maximum absolute atomic E-state index is 13.0.